The molecular weight excluding hydrogens is 336 g/mol. The van der Waals surface area contributed by atoms with Gasteiger partial charge < -0.3 is 10.2 Å². The Bertz CT molecular complexity index is 729. The van der Waals surface area contributed by atoms with E-state index >= 15 is 0 Å². The van der Waals surface area contributed by atoms with E-state index in [1.807, 2.05) is 29.2 Å². The predicted molar refractivity (Wildman–Crippen MR) is 100.0 cm³/mol. The molecule has 1 aliphatic heterocycles. The smallest absolute Gasteiger partial charge is 0.272 e. The maximum Gasteiger partial charge on any atom is 0.272 e. The van der Waals surface area contributed by atoms with Gasteiger partial charge in [-0.25, -0.2) is 9.97 Å². The van der Waals surface area contributed by atoms with Crippen LogP contribution < -0.4 is 5.32 Å². The standard InChI is InChI=1S/C19H23ClN4O/c1-14-6-9-24(10-7-14)19(25)17-12-18(23-13-22-17)21-8-5-15-3-2-4-16(20)11-15/h2-4,11-14H,5-10H2,1H3,(H,21,22,23). The molecule has 0 atom stereocenters. The summed E-state index contributed by atoms with van der Waals surface area (Å²) in [5.74, 6) is 1.36. The monoisotopic (exact) mass is 358 g/mol. The highest BCUT2D eigenvalue weighted by Crippen LogP contribution is 2.18. The molecule has 5 nitrogen and oxygen atoms in total. The van der Waals surface area contributed by atoms with Crippen LogP contribution in [-0.2, 0) is 6.42 Å². The highest BCUT2D eigenvalue weighted by Gasteiger charge is 2.22. The van der Waals surface area contributed by atoms with Crippen LogP contribution in [0.15, 0.2) is 36.7 Å². The molecule has 0 aliphatic carbocycles. The first-order valence-electron chi connectivity index (χ1n) is 8.71. The van der Waals surface area contributed by atoms with E-state index in [0.717, 1.165) is 42.9 Å². The van der Waals surface area contributed by atoms with Crippen molar-refractivity contribution in [2.45, 2.75) is 26.2 Å². The minimum Gasteiger partial charge on any atom is -0.370 e. The zero-order valence-corrected chi connectivity index (χ0v) is 15.2. The minimum absolute atomic E-state index is 0.00723. The second-order valence-corrected chi connectivity index (χ2v) is 7.01. The maximum absolute atomic E-state index is 12.6. The van der Waals surface area contributed by atoms with E-state index in [9.17, 15) is 4.79 Å². The fourth-order valence-electron chi connectivity index (χ4n) is 2.97. The molecule has 25 heavy (non-hydrogen) atoms. The number of benzene rings is 1. The average molecular weight is 359 g/mol. The summed E-state index contributed by atoms with van der Waals surface area (Å²) in [6, 6.07) is 9.54. The van der Waals surface area contributed by atoms with Crippen molar-refractivity contribution in [3.8, 4) is 0 Å². The van der Waals surface area contributed by atoms with E-state index in [1.54, 1.807) is 6.07 Å². The molecule has 0 spiro atoms. The summed E-state index contributed by atoms with van der Waals surface area (Å²) in [5, 5.41) is 3.99. The third-order valence-electron chi connectivity index (χ3n) is 4.57. The number of rotatable bonds is 5. The predicted octanol–water partition coefficient (Wildman–Crippen LogP) is 3.66. The summed E-state index contributed by atoms with van der Waals surface area (Å²) < 4.78 is 0. The van der Waals surface area contributed by atoms with Crippen molar-refractivity contribution in [1.82, 2.24) is 14.9 Å². The van der Waals surface area contributed by atoms with Gasteiger partial charge in [0.25, 0.3) is 5.91 Å². The zero-order chi connectivity index (χ0) is 17.6. The second-order valence-electron chi connectivity index (χ2n) is 6.57. The van der Waals surface area contributed by atoms with Crippen molar-refractivity contribution in [2.24, 2.45) is 5.92 Å². The van der Waals surface area contributed by atoms with E-state index in [-0.39, 0.29) is 5.91 Å². The average Bonchev–Trinajstić information content (AvgIpc) is 2.62. The number of halogens is 1. The van der Waals surface area contributed by atoms with Gasteiger partial charge in [-0.05, 0) is 42.9 Å². The molecule has 1 aromatic heterocycles. The Morgan fingerprint density at radius 3 is 2.84 bits per heavy atom. The number of carbonyl (C=O) groups is 1. The molecule has 0 bridgehead atoms. The molecule has 0 radical (unpaired) electrons. The molecule has 0 saturated carbocycles. The highest BCUT2D eigenvalue weighted by molar-refractivity contribution is 6.30. The summed E-state index contributed by atoms with van der Waals surface area (Å²) in [7, 11) is 0. The number of nitrogens with one attached hydrogen (secondary N) is 1. The third-order valence-corrected chi connectivity index (χ3v) is 4.80. The lowest BCUT2D eigenvalue weighted by Gasteiger charge is -2.30. The van der Waals surface area contributed by atoms with Crippen LogP contribution in [0.3, 0.4) is 0 Å². The lowest BCUT2D eigenvalue weighted by molar-refractivity contribution is 0.0691. The number of hydrogen-bond donors (Lipinski definition) is 1. The lowest BCUT2D eigenvalue weighted by atomic mass is 9.99. The Morgan fingerprint density at radius 2 is 2.08 bits per heavy atom. The molecule has 3 rings (SSSR count). The molecule has 6 heteroatoms. The summed E-state index contributed by atoms with van der Waals surface area (Å²) in [6.07, 6.45) is 4.39. The number of amides is 1. The number of nitrogens with zero attached hydrogens (tertiary/aromatic N) is 3. The van der Waals surface area contributed by atoms with E-state index in [1.165, 1.54) is 6.33 Å². The number of aromatic nitrogens is 2. The van der Waals surface area contributed by atoms with Gasteiger partial charge in [0.15, 0.2) is 0 Å². The molecule has 1 amide bonds. The van der Waals surface area contributed by atoms with Crippen LogP contribution in [0.1, 0.15) is 35.8 Å². The van der Waals surface area contributed by atoms with Gasteiger partial charge in [-0.3, -0.25) is 4.79 Å². The van der Waals surface area contributed by atoms with Gasteiger partial charge in [0.2, 0.25) is 0 Å². The number of hydrogen-bond acceptors (Lipinski definition) is 4. The molecule has 1 saturated heterocycles. The van der Waals surface area contributed by atoms with Crippen LogP contribution in [0.4, 0.5) is 5.82 Å². The van der Waals surface area contributed by atoms with Gasteiger partial charge >= 0.3 is 0 Å². The summed E-state index contributed by atoms with van der Waals surface area (Å²) >= 11 is 6.00. The van der Waals surface area contributed by atoms with Crippen LogP contribution >= 0.6 is 11.6 Å². The van der Waals surface area contributed by atoms with Crippen molar-refractivity contribution >= 4 is 23.3 Å². The van der Waals surface area contributed by atoms with Crippen molar-refractivity contribution in [2.75, 3.05) is 25.0 Å². The molecular formula is C19H23ClN4O. The van der Waals surface area contributed by atoms with Gasteiger partial charge in [0.05, 0.1) is 0 Å². The maximum atomic E-state index is 12.6. The summed E-state index contributed by atoms with van der Waals surface area (Å²) in [6.45, 7) is 4.56. The Kier molecular flexibility index (Phi) is 5.87. The van der Waals surface area contributed by atoms with Crippen LogP contribution in [0.25, 0.3) is 0 Å². The van der Waals surface area contributed by atoms with Gasteiger partial charge in [-0.2, -0.15) is 0 Å². The third kappa shape index (κ3) is 4.92. The van der Waals surface area contributed by atoms with Crippen LogP contribution in [-0.4, -0.2) is 40.4 Å². The highest BCUT2D eigenvalue weighted by atomic mass is 35.5. The number of anilines is 1. The number of carbonyl (C=O) groups excluding carboxylic acids is 1. The Hall–Kier alpha value is -2.14. The largest absolute Gasteiger partial charge is 0.370 e. The zero-order valence-electron chi connectivity index (χ0n) is 14.4. The molecule has 132 valence electrons. The molecule has 1 N–H and O–H groups in total. The van der Waals surface area contributed by atoms with Crippen molar-refractivity contribution in [3.63, 3.8) is 0 Å². The molecule has 1 fully saturated rings. The lowest BCUT2D eigenvalue weighted by Crippen LogP contribution is -2.38. The van der Waals surface area contributed by atoms with E-state index in [4.69, 9.17) is 11.6 Å². The van der Waals surface area contributed by atoms with E-state index < -0.39 is 0 Å². The van der Waals surface area contributed by atoms with Crippen molar-refractivity contribution < 1.29 is 4.79 Å². The van der Waals surface area contributed by atoms with Crippen LogP contribution in [0, 0.1) is 5.92 Å². The second kappa shape index (κ2) is 8.30. The normalized spacial score (nSPS) is 15.2. The molecule has 1 aromatic carbocycles. The molecule has 2 heterocycles. The Balaban J connectivity index is 1.56. The van der Waals surface area contributed by atoms with Crippen LogP contribution in [0.2, 0.25) is 5.02 Å². The molecule has 0 unspecified atom stereocenters. The SMILES string of the molecule is CC1CCN(C(=O)c2cc(NCCc3cccc(Cl)c3)ncn2)CC1. The van der Waals surface area contributed by atoms with Gasteiger partial charge in [-0.15, -0.1) is 0 Å². The van der Waals surface area contributed by atoms with Gasteiger partial charge in [0, 0.05) is 30.7 Å². The van der Waals surface area contributed by atoms with Crippen molar-refractivity contribution in [1.29, 1.82) is 0 Å². The fourth-order valence-corrected chi connectivity index (χ4v) is 3.18. The van der Waals surface area contributed by atoms with E-state index in [2.05, 4.69) is 22.2 Å². The fraction of sp³-hybridized carbons (Fsp3) is 0.421. The van der Waals surface area contributed by atoms with Crippen LogP contribution in [0.5, 0.6) is 0 Å². The topological polar surface area (TPSA) is 58.1 Å². The summed E-state index contributed by atoms with van der Waals surface area (Å²) in [5.41, 5.74) is 1.61. The first-order chi connectivity index (χ1) is 12.1. The molecule has 2 aromatic rings. The number of likely N-dealkylation sites (tertiary alicyclic amines) is 1. The number of piperidine rings is 1. The van der Waals surface area contributed by atoms with Gasteiger partial charge in [0.1, 0.15) is 17.8 Å². The van der Waals surface area contributed by atoms with E-state index in [0.29, 0.717) is 24.0 Å². The summed E-state index contributed by atoms with van der Waals surface area (Å²) in [4.78, 5) is 22.8. The quantitative estimate of drug-likeness (QED) is 0.886. The van der Waals surface area contributed by atoms with Gasteiger partial charge in [-0.1, -0.05) is 30.7 Å². The minimum atomic E-state index is -0.00723. The first kappa shape index (κ1) is 17.7. The Labute approximate surface area is 153 Å². The Morgan fingerprint density at radius 1 is 1.28 bits per heavy atom. The van der Waals surface area contributed by atoms with Crippen molar-refractivity contribution in [3.05, 3.63) is 52.9 Å². The molecule has 1 aliphatic rings. The first-order valence-corrected chi connectivity index (χ1v) is 9.09.